The molecule has 1 aliphatic carbocycles. The number of hydrogen-bond donors (Lipinski definition) is 3. The molecular weight excluding hydrogens is 202 g/mol. The van der Waals surface area contributed by atoms with E-state index in [0.717, 1.165) is 31.2 Å². The summed E-state index contributed by atoms with van der Waals surface area (Å²) in [7, 11) is 0. The van der Waals surface area contributed by atoms with Gasteiger partial charge in [-0.1, -0.05) is 0 Å². The average Bonchev–Trinajstić information content (AvgIpc) is 2.27. The minimum absolute atomic E-state index is 0.242. The zero-order valence-corrected chi connectivity index (χ0v) is 9.39. The first-order valence-corrected chi connectivity index (χ1v) is 5.75. The van der Waals surface area contributed by atoms with Crippen LogP contribution in [0.25, 0.3) is 0 Å². The smallest absolute Gasteiger partial charge is 0.0690 e. The summed E-state index contributed by atoms with van der Waals surface area (Å²) < 4.78 is 0. The zero-order chi connectivity index (χ0) is 11.6. The van der Waals surface area contributed by atoms with E-state index in [9.17, 15) is 5.11 Å². The Kier molecular flexibility index (Phi) is 3.12. The molecular formula is C12H19N3O. The van der Waals surface area contributed by atoms with Crippen molar-refractivity contribution in [2.24, 2.45) is 5.73 Å². The molecule has 1 heterocycles. The lowest BCUT2D eigenvalue weighted by Crippen LogP contribution is -2.40. The van der Waals surface area contributed by atoms with Crippen LogP contribution >= 0.6 is 0 Å². The summed E-state index contributed by atoms with van der Waals surface area (Å²) in [5.74, 6) is 0. The topological polar surface area (TPSA) is 85.2 Å². The predicted octanol–water partition coefficient (Wildman–Crippen LogP) is 0.839. The number of nitrogens with two attached hydrogens (primary N) is 2. The van der Waals surface area contributed by atoms with Gasteiger partial charge in [-0.15, -0.1) is 0 Å². The van der Waals surface area contributed by atoms with Crippen molar-refractivity contribution in [2.45, 2.75) is 43.7 Å². The summed E-state index contributed by atoms with van der Waals surface area (Å²) in [6.45, 7) is 0. The summed E-state index contributed by atoms with van der Waals surface area (Å²) >= 11 is 0. The molecule has 0 aromatic carbocycles. The summed E-state index contributed by atoms with van der Waals surface area (Å²) in [6.07, 6.45) is 7.26. The minimum Gasteiger partial charge on any atom is -0.398 e. The molecule has 88 valence electrons. The molecule has 0 aliphatic heterocycles. The fourth-order valence-corrected chi connectivity index (χ4v) is 2.29. The van der Waals surface area contributed by atoms with Crippen molar-refractivity contribution >= 4 is 5.69 Å². The van der Waals surface area contributed by atoms with Crippen LogP contribution in [0.5, 0.6) is 0 Å². The minimum atomic E-state index is -0.646. The number of nitrogens with zero attached hydrogens (tertiary/aromatic N) is 1. The second-order valence-corrected chi connectivity index (χ2v) is 4.81. The molecule has 4 nitrogen and oxygen atoms in total. The highest BCUT2D eigenvalue weighted by molar-refractivity contribution is 5.45. The van der Waals surface area contributed by atoms with E-state index in [4.69, 9.17) is 11.5 Å². The first-order valence-electron chi connectivity index (χ1n) is 5.75. The lowest BCUT2D eigenvalue weighted by atomic mass is 9.79. The molecule has 0 spiro atoms. The molecule has 16 heavy (non-hydrogen) atoms. The van der Waals surface area contributed by atoms with E-state index in [0.29, 0.717) is 12.1 Å². The zero-order valence-electron chi connectivity index (χ0n) is 9.39. The van der Waals surface area contributed by atoms with Gasteiger partial charge in [0.15, 0.2) is 0 Å². The van der Waals surface area contributed by atoms with Crippen LogP contribution in [0.2, 0.25) is 0 Å². The molecule has 2 rings (SSSR count). The molecule has 4 heteroatoms. The molecule has 0 saturated heterocycles. The van der Waals surface area contributed by atoms with E-state index in [1.807, 2.05) is 0 Å². The van der Waals surface area contributed by atoms with Gasteiger partial charge < -0.3 is 16.6 Å². The van der Waals surface area contributed by atoms with Gasteiger partial charge >= 0.3 is 0 Å². The van der Waals surface area contributed by atoms with E-state index in [-0.39, 0.29) is 6.04 Å². The van der Waals surface area contributed by atoms with Crippen molar-refractivity contribution in [2.75, 3.05) is 5.73 Å². The highest BCUT2D eigenvalue weighted by atomic mass is 16.3. The quantitative estimate of drug-likeness (QED) is 0.690. The van der Waals surface area contributed by atoms with Crippen LogP contribution in [0.15, 0.2) is 18.5 Å². The first-order chi connectivity index (χ1) is 7.59. The van der Waals surface area contributed by atoms with Gasteiger partial charge in [-0.2, -0.15) is 0 Å². The Hall–Kier alpha value is -1.13. The average molecular weight is 221 g/mol. The summed E-state index contributed by atoms with van der Waals surface area (Å²) in [5, 5.41) is 10.4. The molecule has 0 atom stereocenters. The van der Waals surface area contributed by atoms with Crippen molar-refractivity contribution in [3.05, 3.63) is 24.0 Å². The van der Waals surface area contributed by atoms with Crippen LogP contribution in [-0.2, 0) is 6.42 Å². The maximum Gasteiger partial charge on any atom is 0.0690 e. The van der Waals surface area contributed by atoms with Crippen molar-refractivity contribution in [1.82, 2.24) is 4.98 Å². The molecule has 1 aromatic rings. The Morgan fingerprint density at radius 3 is 2.75 bits per heavy atom. The van der Waals surface area contributed by atoms with Crippen molar-refractivity contribution in [3.8, 4) is 0 Å². The highest BCUT2D eigenvalue weighted by Crippen LogP contribution is 2.31. The predicted molar refractivity (Wildman–Crippen MR) is 63.7 cm³/mol. The Morgan fingerprint density at radius 2 is 2.12 bits per heavy atom. The second kappa shape index (κ2) is 4.39. The fourth-order valence-electron chi connectivity index (χ4n) is 2.29. The molecule has 1 aromatic heterocycles. The normalized spacial score (nSPS) is 30.2. The van der Waals surface area contributed by atoms with E-state index in [2.05, 4.69) is 4.98 Å². The highest BCUT2D eigenvalue weighted by Gasteiger charge is 2.32. The third-order valence-corrected chi connectivity index (χ3v) is 3.42. The number of anilines is 1. The fraction of sp³-hybridized carbons (Fsp3) is 0.583. The number of aliphatic hydroxyl groups is 1. The Bertz CT molecular complexity index is 359. The maximum absolute atomic E-state index is 10.4. The van der Waals surface area contributed by atoms with Crippen LogP contribution in [0, 0.1) is 0 Å². The van der Waals surface area contributed by atoms with E-state index in [1.165, 1.54) is 0 Å². The maximum atomic E-state index is 10.4. The lowest BCUT2D eigenvalue weighted by molar-refractivity contribution is 0.000283. The van der Waals surface area contributed by atoms with Gasteiger partial charge in [0.05, 0.1) is 5.60 Å². The van der Waals surface area contributed by atoms with Gasteiger partial charge in [-0.05, 0) is 37.3 Å². The van der Waals surface area contributed by atoms with Crippen LogP contribution < -0.4 is 11.5 Å². The molecule has 0 unspecified atom stereocenters. The summed E-state index contributed by atoms with van der Waals surface area (Å²) in [5.41, 5.74) is 12.7. The number of rotatable bonds is 2. The van der Waals surface area contributed by atoms with Gasteiger partial charge in [0, 0.05) is 30.5 Å². The van der Waals surface area contributed by atoms with Gasteiger partial charge in [0.2, 0.25) is 0 Å². The van der Waals surface area contributed by atoms with Gasteiger partial charge in [0.25, 0.3) is 0 Å². The largest absolute Gasteiger partial charge is 0.398 e. The Labute approximate surface area is 95.7 Å². The van der Waals surface area contributed by atoms with E-state index < -0.39 is 5.60 Å². The third-order valence-electron chi connectivity index (χ3n) is 3.42. The van der Waals surface area contributed by atoms with Crippen molar-refractivity contribution in [1.29, 1.82) is 0 Å². The van der Waals surface area contributed by atoms with Crippen molar-refractivity contribution < 1.29 is 5.11 Å². The molecule has 0 amide bonds. The van der Waals surface area contributed by atoms with Crippen LogP contribution in [0.4, 0.5) is 5.69 Å². The molecule has 1 saturated carbocycles. The molecule has 0 radical (unpaired) electrons. The number of hydrogen-bond acceptors (Lipinski definition) is 4. The van der Waals surface area contributed by atoms with Gasteiger partial charge in [0.1, 0.15) is 0 Å². The van der Waals surface area contributed by atoms with Gasteiger partial charge in [-0.3, -0.25) is 4.98 Å². The Balaban J connectivity index is 2.07. The second-order valence-electron chi connectivity index (χ2n) is 4.81. The van der Waals surface area contributed by atoms with Crippen LogP contribution in [-0.4, -0.2) is 21.7 Å². The molecule has 5 N–H and O–H groups in total. The number of pyridine rings is 1. The van der Waals surface area contributed by atoms with E-state index in [1.54, 1.807) is 18.5 Å². The van der Waals surface area contributed by atoms with E-state index >= 15 is 0 Å². The lowest BCUT2D eigenvalue weighted by Gasteiger charge is -2.35. The number of aromatic nitrogens is 1. The van der Waals surface area contributed by atoms with Crippen LogP contribution in [0.3, 0.4) is 0 Å². The monoisotopic (exact) mass is 221 g/mol. The summed E-state index contributed by atoms with van der Waals surface area (Å²) in [6, 6.07) is 2.01. The molecule has 1 fully saturated rings. The van der Waals surface area contributed by atoms with Gasteiger partial charge in [-0.25, -0.2) is 0 Å². The number of nitrogen functional groups attached to an aromatic ring is 1. The first kappa shape index (κ1) is 11.4. The SMILES string of the molecule is Nc1ccncc1CC1(O)CCC(N)CC1. The molecule has 1 aliphatic rings. The van der Waals surface area contributed by atoms with Crippen LogP contribution in [0.1, 0.15) is 31.2 Å². The summed E-state index contributed by atoms with van der Waals surface area (Å²) in [4.78, 5) is 4.04. The Morgan fingerprint density at radius 1 is 1.44 bits per heavy atom. The van der Waals surface area contributed by atoms with Crippen molar-refractivity contribution in [3.63, 3.8) is 0 Å². The molecule has 0 bridgehead atoms. The third kappa shape index (κ3) is 2.51. The standard InChI is InChI=1S/C12H19N3O/c13-10-1-4-12(16,5-2-10)7-9-8-15-6-3-11(9)14/h3,6,8,10,16H,1-2,4-5,7,13H2,(H2,14,15).